The molecule has 1 atom stereocenters. The van der Waals surface area contributed by atoms with Crippen LogP contribution >= 0.6 is 0 Å². The van der Waals surface area contributed by atoms with Crippen molar-refractivity contribution in [1.29, 1.82) is 0 Å². The van der Waals surface area contributed by atoms with Gasteiger partial charge < -0.3 is 15.4 Å². The molecule has 1 aliphatic rings. The molecule has 0 spiro atoms. The molecule has 1 aliphatic carbocycles. The first-order valence-corrected chi connectivity index (χ1v) is 9.97. The highest BCUT2D eigenvalue weighted by molar-refractivity contribution is 5.95. The standard InChI is InChI=1S/C23H28N2O3/c1-16-8-6-7-11-21(16)25-22(26)17(2)28-20-14-12-18(13-15-20)23(27)24-19-9-4-3-5-10-19/h6-8,11-15,17,19H,3-5,9-10H2,1-2H3,(H,24,27)(H,25,26)/t17-/m0/s1. The van der Waals surface area contributed by atoms with E-state index in [0.717, 1.165) is 24.1 Å². The molecule has 28 heavy (non-hydrogen) atoms. The second kappa shape index (κ2) is 9.40. The summed E-state index contributed by atoms with van der Waals surface area (Å²) in [6.45, 7) is 3.65. The van der Waals surface area contributed by atoms with Crippen LogP contribution in [0.2, 0.25) is 0 Å². The van der Waals surface area contributed by atoms with Crippen molar-refractivity contribution >= 4 is 17.5 Å². The lowest BCUT2D eigenvalue weighted by atomic mass is 9.95. The lowest BCUT2D eigenvalue weighted by Crippen LogP contribution is -2.36. The maximum Gasteiger partial charge on any atom is 0.265 e. The van der Waals surface area contributed by atoms with Gasteiger partial charge in [0.1, 0.15) is 5.75 Å². The SMILES string of the molecule is Cc1ccccc1NC(=O)[C@H](C)Oc1ccc(C(=O)NC2CCCCC2)cc1. The highest BCUT2D eigenvalue weighted by Gasteiger charge is 2.18. The molecule has 2 aromatic rings. The number of ether oxygens (including phenoxy) is 1. The smallest absolute Gasteiger partial charge is 0.265 e. The first kappa shape index (κ1) is 19.9. The summed E-state index contributed by atoms with van der Waals surface area (Å²) in [5.74, 6) is 0.291. The van der Waals surface area contributed by atoms with Crippen molar-refractivity contribution < 1.29 is 14.3 Å². The van der Waals surface area contributed by atoms with Gasteiger partial charge in [-0.15, -0.1) is 0 Å². The molecule has 0 aliphatic heterocycles. The Balaban J connectivity index is 1.53. The average molecular weight is 380 g/mol. The molecule has 0 unspecified atom stereocenters. The van der Waals surface area contributed by atoms with Crippen molar-refractivity contribution in [2.75, 3.05) is 5.32 Å². The topological polar surface area (TPSA) is 67.4 Å². The summed E-state index contributed by atoms with van der Waals surface area (Å²) in [7, 11) is 0. The maximum atomic E-state index is 12.4. The minimum absolute atomic E-state index is 0.0520. The summed E-state index contributed by atoms with van der Waals surface area (Å²) in [4.78, 5) is 24.7. The van der Waals surface area contributed by atoms with E-state index in [2.05, 4.69) is 10.6 Å². The van der Waals surface area contributed by atoms with E-state index in [-0.39, 0.29) is 17.9 Å². The van der Waals surface area contributed by atoms with Crippen LogP contribution < -0.4 is 15.4 Å². The third-order valence-corrected chi connectivity index (χ3v) is 5.14. The first-order valence-electron chi connectivity index (χ1n) is 9.97. The van der Waals surface area contributed by atoms with Crippen LogP contribution in [0.15, 0.2) is 48.5 Å². The molecule has 2 aromatic carbocycles. The summed E-state index contributed by atoms with van der Waals surface area (Å²) in [5, 5.41) is 5.98. The fraction of sp³-hybridized carbons (Fsp3) is 0.391. The fourth-order valence-corrected chi connectivity index (χ4v) is 3.41. The van der Waals surface area contributed by atoms with Gasteiger partial charge in [-0.05, 0) is 62.6 Å². The Kier molecular flexibility index (Phi) is 6.69. The fourth-order valence-electron chi connectivity index (χ4n) is 3.41. The van der Waals surface area contributed by atoms with Crippen LogP contribution in [0.4, 0.5) is 5.69 Å². The molecule has 5 nitrogen and oxygen atoms in total. The summed E-state index contributed by atoms with van der Waals surface area (Å²) < 4.78 is 5.73. The second-order valence-electron chi connectivity index (χ2n) is 7.40. The molecular weight excluding hydrogens is 352 g/mol. The molecule has 2 amide bonds. The van der Waals surface area contributed by atoms with Crippen molar-refractivity contribution in [3.05, 3.63) is 59.7 Å². The lowest BCUT2D eigenvalue weighted by Gasteiger charge is -2.22. The number of carbonyl (C=O) groups is 2. The molecule has 0 radical (unpaired) electrons. The number of amides is 2. The zero-order valence-corrected chi connectivity index (χ0v) is 16.5. The molecule has 5 heteroatoms. The van der Waals surface area contributed by atoms with Gasteiger partial charge in [0.15, 0.2) is 6.10 Å². The third-order valence-electron chi connectivity index (χ3n) is 5.14. The first-order chi connectivity index (χ1) is 13.5. The Labute approximate surface area is 166 Å². The molecule has 1 fully saturated rings. The number of benzene rings is 2. The van der Waals surface area contributed by atoms with Crippen molar-refractivity contribution in [1.82, 2.24) is 5.32 Å². The average Bonchev–Trinajstić information content (AvgIpc) is 2.71. The number of rotatable bonds is 6. The van der Waals surface area contributed by atoms with Crippen molar-refractivity contribution in [3.63, 3.8) is 0 Å². The van der Waals surface area contributed by atoms with E-state index in [1.807, 2.05) is 31.2 Å². The normalized spacial score (nSPS) is 15.5. The van der Waals surface area contributed by atoms with E-state index in [4.69, 9.17) is 4.74 Å². The summed E-state index contributed by atoms with van der Waals surface area (Å²) >= 11 is 0. The Morgan fingerprint density at radius 2 is 1.68 bits per heavy atom. The van der Waals surface area contributed by atoms with Crippen LogP contribution in [0.25, 0.3) is 0 Å². The van der Waals surface area contributed by atoms with Gasteiger partial charge in [0, 0.05) is 17.3 Å². The largest absolute Gasteiger partial charge is 0.481 e. The Bertz CT molecular complexity index is 811. The van der Waals surface area contributed by atoms with E-state index in [9.17, 15) is 9.59 Å². The molecule has 0 aromatic heterocycles. The maximum absolute atomic E-state index is 12.4. The van der Waals surface area contributed by atoms with Gasteiger partial charge in [0.2, 0.25) is 0 Å². The molecule has 2 N–H and O–H groups in total. The predicted molar refractivity (Wildman–Crippen MR) is 111 cm³/mol. The van der Waals surface area contributed by atoms with Gasteiger partial charge in [-0.1, -0.05) is 37.5 Å². The lowest BCUT2D eigenvalue weighted by molar-refractivity contribution is -0.122. The van der Waals surface area contributed by atoms with Crippen molar-refractivity contribution in [2.24, 2.45) is 0 Å². The Morgan fingerprint density at radius 1 is 1.00 bits per heavy atom. The summed E-state index contributed by atoms with van der Waals surface area (Å²) in [5.41, 5.74) is 2.38. The Hall–Kier alpha value is -2.82. The number of anilines is 1. The number of carbonyl (C=O) groups excluding carboxylic acids is 2. The third kappa shape index (κ3) is 5.35. The number of aryl methyl sites for hydroxylation is 1. The quantitative estimate of drug-likeness (QED) is 0.777. The molecule has 0 saturated heterocycles. The zero-order chi connectivity index (χ0) is 19.9. The van der Waals surface area contributed by atoms with Gasteiger partial charge in [-0.2, -0.15) is 0 Å². The van der Waals surface area contributed by atoms with Crippen molar-refractivity contribution in [3.8, 4) is 5.75 Å². The van der Waals surface area contributed by atoms with E-state index in [1.165, 1.54) is 19.3 Å². The van der Waals surface area contributed by atoms with Crippen LogP contribution in [0.3, 0.4) is 0 Å². The minimum atomic E-state index is -0.651. The summed E-state index contributed by atoms with van der Waals surface area (Å²) in [6.07, 6.45) is 5.08. The molecule has 3 rings (SSSR count). The Morgan fingerprint density at radius 3 is 2.36 bits per heavy atom. The number of hydrogen-bond donors (Lipinski definition) is 2. The minimum Gasteiger partial charge on any atom is -0.481 e. The van der Waals surface area contributed by atoms with Crippen LogP contribution in [0, 0.1) is 6.92 Å². The summed E-state index contributed by atoms with van der Waals surface area (Å²) in [6, 6.07) is 14.8. The second-order valence-corrected chi connectivity index (χ2v) is 7.40. The van der Waals surface area contributed by atoms with Crippen LogP contribution in [0.1, 0.15) is 54.9 Å². The van der Waals surface area contributed by atoms with Gasteiger partial charge in [-0.25, -0.2) is 0 Å². The zero-order valence-electron chi connectivity index (χ0n) is 16.5. The van der Waals surface area contributed by atoms with Crippen molar-refractivity contribution in [2.45, 2.75) is 58.1 Å². The van der Waals surface area contributed by atoms with E-state index in [1.54, 1.807) is 31.2 Å². The van der Waals surface area contributed by atoms with E-state index in [0.29, 0.717) is 11.3 Å². The van der Waals surface area contributed by atoms with Gasteiger partial charge >= 0.3 is 0 Å². The van der Waals surface area contributed by atoms with E-state index >= 15 is 0 Å². The highest BCUT2D eigenvalue weighted by atomic mass is 16.5. The number of hydrogen-bond acceptors (Lipinski definition) is 3. The number of para-hydroxylation sites is 1. The van der Waals surface area contributed by atoms with Gasteiger partial charge in [-0.3, -0.25) is 9.59 Å². The van der Waals surface area contributed by atoms with Gasteiger partial charge in [0.05, 0.1) is 0 Å². The highest BCUT2D eigenvalue weighted by Crippen LogP contribution is 2.19. The van der Waals surface area contributed by atoms with Crippen LogP contribution in [-0.4, -0.2) is 24.0 Å². The monoisotopic (exact) mass is 380 g/mol. The molecule has 0 bridgehead atoms. The molecule has 1 saturated carbocycles. The van der Waals surface area contributed by atoms with Crippen LogP contribution in [-0.2, 0) is 4.79 Å². The van der Waals surface area contributed by atoms with Crippen LogP contribution in [0.5, 0.6) is 5.75 Å². The van der Waals surface area contributed by atoms with E-state index < -0.39 is 6.10 Å². The molecular formula is C23H28N2O3. The number of nitrogens with one attached hydrogen (secondary N) is 2. The molecule has 0 heterocycles. The predicted octanol–water partition coefficient (Wildman–Crippen LogP) is 4.46. The molecule has 148 valence electrons. The van der Waals surface area contributed by atoms with Gasteiger partial charge in [0.25, 0.3) is 11.8 Å².